The number of carbonyl (C=O) groups is 1. The summed E-state index contributed by atoms with van der Waals surface area (Å²) in [6.07, 6.45) is -0.0782. The van der Waals surface area contributed by atoms with Gasteiger partial charge in [0.2, 0.25) is 5.91 Å². The van der Waals surface area contributed by atoms with Crippen LogP contribution in [-0.4, -0.2) is 16.8 Å². The van der Waals surface area contributed by atoms with Gasteiger partial charge in [-0.05, 0) is 24.6 Å². The van der Waals surface area contributed by atoms with Crippen molar-refractivity contribution in [3.8, 4) is 0 Å². The summed E-state index contributed by atoms with van der Waals surface area (Å²) in [5.41, 5.74) is 5.93. The lowest BCUT2D eigenvalue weighted by Crippen LogP contribution is -2.10. The standard InChI is InChI=1S/C11H15NO2S/c1-8(13)9-3-2-4-10(7-9)15-6-5-11(12)14/h2-4,7-8,13H,5-6H2,1H3,(H2,12,14). The molecule has 0 bridgehead atoms. The molecule has 1 rings (SSSR count). The molecule has 1 unspecified atom stereocenters. The molecule has 0 aliphatic rings. The Bertz CT molecular complexity index is 339. The van der Waals surface area contributed by atoms with Crippen molar-refractivity contribution in [2.24, 2.45) is 5.73 Å². The zero-order valence-electron chi connectivity index (χ0n) is 8.64. The second-order valence-corrected chi connectivity index (χ2v) is 4.48. The number of aliphatic hydroxyl groups is 1. The first-order chi connectivity index (χ1) is 7.09. The van der Waals surface area contributed by atoms with Crippen LogP contribution < -0.4 is 5.73 Å². The number of rotatable bonds is 5. The van der Waals surface area contributed by atoms with Gasteiger partial charge >= 0.3 is 0 Å². The van der Waals surface area contributed by atoms with Crippen molar-refractivity contribution < 1.29 is 9.90 Å². The van der Waals surface area contributed by atoms with E-state index in [1.165, 1.54) is 0 Å². The summed E-state index contributed by atoms with van der Waals surface area (Å²) in [6, 6.07) is 7.66. The van der Waals surface area contributed by atoms with Gasteiger partial charge in [0.05, 0.1) is 6.10 Å². The summed E-state index contributed by atoms with van der Waals surface area (Å²) in [5.74, 6) is 0.396. The van der Waals surface area contributed by atoms with Gasteiger partial charge in [-0.1, -0.05) is 12.1 Å². The first-order valence-corrected chi connectivity index (χ1v) is 5.77. The average Bonchev–Trinajstić information content (AvgIpc) is 2.17. The monoisotopic (exact) mass is 225 g/mol. The van der Waals surface area contributed by atoms with Gasteiger partial charge < -0.3 is 10.8 Å². The number of hydrogen-bond acceptors (Lipinski definition) is 3. The summed E-state index contributed by atoms with van der Waals surface area (Å²) < 4.78 is 0. The lowest BCUT2D eigenvalue weighted by molar-refractivity contribution is -0.117. The third-order valence-electron chi connectivity index (χ3n) is 1.96. The van der Waals surface area contributed by atoms with Crippen LogP contribution in [-0.2, 0) is 4.79 Å². The second-order valence-electron chi connectivity index (χ2n) is 3.31. The zero-order valence-corrected chi connectivity index (χ0v) is 9.46. The van der Waals surface area contributed by atoms with Gasteiger partial charge in [-0.25, -0.2) is 0 Å². The molecular weight excluding hydrogens is 210 g/mol. The van der Waals surface area contributed by atoms with Gasteiger partial charge in [0.25, 0.3) is 0 Å². The van der Waals surface area contributed by atoms with E-state index in [0.717, 1.165) is 10.5 Å². The molecule has 3 N–H and O–H groups in total. The zero-order chi connectivity index (χ0) is 11.3. The smallest absolute Gasteiger partial charge is 0.218 e. The molecule has 0 fully saturated rings. The largest absolute Gasteiger partial charge is 0.389 e. The molecule has 0 aliphatic heterocycles. The van der Waals surface area contributed by atoms with Gasteiger partial charge in [-0.15, -0.1) is 11.8 Å². The maximum absolute atomic E-state index is 10.5. The molecule has 3 nitrogen and oxygen atoms in total. The minimum absolute atomic E-state index is 0.283. The molecular formula is C11H15NO2S. The van der Waals surface area contributed by atoms with Crippen LogP contribution in [0.5, 0.6) is 0 Å². The molecule has 0 saturated carbocycles. The van der Waals surface area contributed by atoms with E-state index in [4.69, 9.17) is 5.73 Å². The quantitative estimate of drug-likeness (QED) is 0.750. The van der Waals surface area contributed by atoms with Crippen molar-refractivity contribution in [1.82, 2.24) is 0 Å². The second kappa shape index (κ2) is 5.78. The average molecular weight is 225 g/mol. The lowest BCUT2D eigenvalue weighted by Gasteiger charge is -2.06. The van der Waals surface area contributed by atoms with E-state index < -0.39 is 6.10 Å². The minimum Gasteiger partial charge on any atom is -0.389 e. The van der Waals surface area contributed by atoms with Crippen LogP contribution in [0.15, 0.2) is 29.2 Å². The summed E-state index contributed by atoms with van der Waals surface area (Å²) in [4.78, 5) is 11.6. The van der Waals surface area contributed by atoms with Crippen LogP contribution in [0.2, 0.25) is 0 Å². The fourth-order valence-electron chi connectivity index (χ4n) is 1.13. The first-order valence-electron chi connectivity index (χ1n) is 4.78. The Morgan fingerprint density at radius 3 is 2.93 bits per heavy atom. The number of aliphatic hydroxyl groups excluding tert-OH is 1. The van der Waals surface area contributed by atoms with Gasteiger partial charge in [0.15, 0.2) is 0 Å². The van der Waals surface area contributed by atoms with Crippen LogP contribution in [0.3, 0.4) is 0 Å². The van der Waals surface area contributed by atoms with Crippen molar-refractivity contribution in [1.29, 1.82) is 0 Å². The molecule has 82 valence electrons. The topological polar surface area (TPSA) is 63.3 Å². The summed E-state index contributed by atoms with van der Waals surface area (Å²) in [5, 5.41) is 9.38. The van der Waals surface area contributed by atoms with Crippen LogP contribution in [0.1, 0.15) is 25.0 Å². The van der Waals surface area contributed by atoms with E-state index in [9.17, 15) is 9.90 Å². The van der Waals surface area contributed by atoms with Gasteiger partial charge in [0, 0.05) is 17.1 Å². The van der Waals surface area contributed by atoms with Crippen molar-refractivity contribution in [3.05, 3.63) is 29.8 Å². The molecule has 0 spiro atoms. The van der Waals surface area contributed by atoms with Crippen molar-refractivity contribution in [2.45, 2.75) is 24.3 Å². The number of thioether (sulfide) groups is 1. The molecule has 0 saturated heterocycles. The highest BCUT2D eigenvalue weighted by atomic mass is 32.2. The molecule has 0 aliphatic carbocycles. The number of hydrogen-bond donors (Lipinski definition) is 2. The van der Waals surface area contributed by atoms with E-state index in [-0.39, 0.29) is 5.91 Å². The van der Waals surface area contributed by atoms with E-state index in [1.807, 2.05) is 24.3 Å². The van der Waals surface area contributed by atoms with Crippen molar-refractivity contribution in [3.63, 3.8) is 0 Å². The number of primary amides is 1. The Kier molecular flexibility index (Phi) is 4.65. The Labute approximate surface area is 93.7 Å². The third-order valence-corrected chi connectivity index (χ3v) is 2.95. The molecule has 0 aromatic heterocycles. The Balaban J connectivity index is 2.54. The van der Waals surface area contributed by atoms with E-state index in [2.05, 4.69) is 0 Å². The molecule has 1 atom stereocenters. The molecule has 1 aromatic carbocycles. The number of nitrogens with two attached hydrogens (primary N) is 1. The van der Waals surface area contributed by atoms with Crippen molar-refractivity contribution in [2.75, 3.05) is 5.75 Å². The summed E-state index contributed by atoms with van der Waals surface area (Å²) in [6.45, 7) is 1.73. The van der Waals surface area contributed by atoms with Crippen LogP contribution in [0.25, 0.3) is 0 Å². The van der Waals surface area contributed by atoms with E-state index in [1.54, 1.807) is 18.7 Å². The Hall–Kier alpha value is -1.00. The predicted molar refractivity (Wildman–Crippen MR) is 61.6 cm³/mol. The van der Waals surface area contributed by atoms with Crippen molar-refractivity contribution >= 4 is 17.7 Å². The van der Waals surface area contributed by atoms with Gasteiger partial charge in [-0.2, -0.15) is 0 Å². The molecule has 1 amide bonds. The highest BCUT2D eigenvalue weighted by molar-refractivity contribution is 7.99. The fraction of sp³-hybridized carbons (Fsp3) is 0.364. The molecule has 1 aromatic rings. The van der Waals surface area contributed by atoms with E-state index >= 15 is 0 Å². The first kappa shape index (κ1) is 12.1. The molecule has 0 radical (unpaired) electrons. The molecule has 4 heteroatoms. The lowest BCUT2D eigenvalue weighted by atomic mass is 10.1. The van der Waals surface area contributed by atoms with Crippen LogP contribution in [0.4, 0.5) is 0 Å². The van der Waals surface area contributed by atoms with Crippen LogP contribution in [0, 0.1) is 0 Å². The highest BCUT2D eigenvalue weighted by Crippen LogP contribution is 2.22. The van der Waals surface area contributed by atoms with Gasteiger partial charge in [0.1, 0.15) is 0 Å². The number of carbonyl (C=O) groups excluding carboxylic acids is 1. The number of benzene rings is 1. The van der Waals surface area contributed by atoms with E-state index in [0.29, 0.717) is 12.2 Å². The molecule has 0 heterocycles. The summed E-state index contributed by atoms with van der Waals surface area (Å²) in [7, 11) is 0. The Morgan fingerprint density at radius 2 is 2.33 bits per heavy atom. The normalized spacial score (nSPS) is 12.4. The SMILES string of the molecule is CC(O)c1cccc(SCCC(N)=O)c1. The predicted octanol–water partition coefficient (Wildman–Crippen LogP) is 1.71. The summed E-state index contributed by atoms with van der Waals surface area (Å²) >= 11 is 1.57. The Morgan fingerprint density at radius 1 is 1.60 bits per heavy atom. The maximum Gasteiger partial charge on any atom is 0.218 e. The minimum atomic E-state index is -0.457. The number of amides is 1. The highest BCUT2D eigenvalue weighted by Gasteiger charge is 2.02. The molecule has 15 heavy (non-hydrogen) atoms. The van der Waals surface area contributed by atoms with Gasteiger partial charge in [-0.3, -0.25) is 4.79 Å². The van der Waals surface area contributed by atoms with Crippen LogP contribution >= 0.6 is 11.8 Å². The maximum atomic E-state index is 10.5. The fourth-order valence-corrected chi connectivity index (χ4v) is 2.07. The third kappa shape index (κ3) is 4.36.